The average Bonchev–Trinajstić information content (AvgIpc) is 2.34. The Morgan fingerprint density at radius 1 is 1.05 bits per heavy atom. The minimum absolute atomic E-state index is 0.248. The van der Waals surface area contributed by atoms with Gasteiger partial charge in [-0.1, -0.05) is 10.9 Å². The Kier molecular flexibility index (Phi) is 4.77. The molecule has 0 unspecified atom stereocenters. The van der Waals surface area contributed by atoms with E-state index in [0.717, 1.165) is 16.0 Å². The topological polar surface area (TPSA) is 60.6 Å². The number of ether oxygens (including phenoxy) is 2. The molecule has 1 aromatic rings. The molecule has 0 fully saturated rings. The average molecular weight is 323 g/mol. The van der Waals surface area contributed by atoms with E-state index in [1.165, 1.54) is 10.9 Å². The van der Waals surface area contributed by atoms with Crippen molar-refractivity contribution >= 4 is 27.0 Å². The number of hydrogen-bond acceptors (Lipinski definition) is 5. The van der Waals surface area contributed by atoms with Gasteiger partial charge in [-0.3, -0.25) is 4.98 Å². The van der Waals surface area contributed by atoms with E-state index >= 15 is 0 Å². The first-order chi connectivity index (χ1) is 10.0. The SMILES string of the molecule is CC(C)(C)OC1=S=C(OC(C)(C)C)N1Cc1ccc(N)cn1. The van der Waals surface area contributed by atoms with Gasteiger partial charge in [-0.05, 0) is 53.7 Å². The van der Waals surface area contributed by atoms with Crippen molar-refractivity contribution in [3.8, 4) is 0 Å². The van der Waals surface area contributed by atoms with Crippen LogP contribution in [0.25, 0.3) is 0 Å². The van der Waals surface area contributed by atoms with Gasteiger partial charge in [0.25, 0.3) is 0 Å². The third kappa shape index (κ3) is 4.91. The molecule has 2 heterocycles. The van der Waals surface area contributed by atoms with Crippen LogP contribution in [0.1, 0.15) is 47.2 Å². The van der Waals surface area contributed by atoms with Crippen molar-refractivity contribution in [2.24, 2.45) is 0 Å². The van der Waals surface area contributed by atoms with Crippen LogP contribution in [0.15, 0.2) is 18.3 Å². The quantitative estimate of drug-likeness (QED) is 0.848. The van der Waals surface area contributed by atoms with Crippen LogP contribution in [-0.2, 0) is 16.0 Å². The molecule has 1 aromatic heterocycles. The molecule has 0 saturated heterocycles. The number of hydrogen-bond donors (Lipinski definition) is 1. The third-order valence-electron chi connectivity index (χ3n) is 2.57. The summed E-state index contributed by atoms with van der Waals surface area (Å²) in [5.41, 5.74) is 6.77. The van der Waals surface area contributed by atoms with Crippen LogP contribution in [0, 0.1) is 0 Å². The number of aromatic nitrogens is 1. The van der Waals surface area contributed by atoms with E-state index in [-0.39, 0.29) is 11.2 Å². The lowest BCUT2D eigenvalue weighted by Gasteiger charge is -2.35. The molecule has 1 aliphatic heterocycles. The molecule has 6 heteroatoms. The molecule has 0 saturated carbocycles. The van der Waals surface area contributed by atoms with E-state index in [1.54, 1.807) is 6.20 Å². The summed E-state index contributed by atoms with van der Waals surface area (Å²) in [6, 6.07) is 3.77. The summed E-state index contributed by atoms with van der Waals surface area (Å²) in [7, 11) is 1.52. The summed E-state index contributed by atoms with van der Waals surface area (Å²) >= 11 is 0. The van der Waals surface area contributed by atoms with Gasteiger partial charge in [0.15, 0.2) is 10.3 Å². The highest BCUT2D eigenvalue weighted by Crippen LogP contribution is 2.23. The van der Waals surface area contributed by atoms with Crippen molar-refractivity contribution in [3.63, 3.8) is 0 Å². The van der Waals surface area contributed by atoms with Crippen molar-refractivity contribution in [2.75, 3.05) is 5.73 Å². The third-order valence-corrected chi connectivity index (χ3v) is 3.53. The van der Waals surface area contributed by atoms with Gasteiger partial charge in [-0.15, -0.1) is 0 Å². The minimum atomic E-state index is -0.248. The highest BCUT2D eigenvalue weighted by molar-refractivity contribution is 7.99. The van der Waals surface area contributed by atoms with Gasteiger partial charge in [-0.25, -0.2) is 0 Å². The molecule has 122 valence electrons. The standard InChI is InChI=1S/C16H25N3O2S/c1-15(2,3)20-13-19(14(22-13)21-16(4,5)6)10-12-8-7-11(17)9-18-12/h7-9H,10,17H2,1-6H3. The monoisotopic (exact) mass is 323 g/mol. The molecule has 0 aliphatic carbocycles. The fraction of sp³-hybridized carbons (Fsp3) is 0.562. The fourth-order valence-electron chi connectivity index (χ4n) is 1.72. The Labute approximate surface area is 136 Å². The van der Waals surface area contributed by atoms with Crippen LogP contribution in [-0.4, -0.2) is 31.4 Å². The van der Waals surface area contributed by atoms with Gasteiger partial charge in [0.05, 0.1) is 35.3 Å². The van der Waals surface area contributed by atoms with Gasteiger partial charge < -0.3 is 15.2 Å². The summed E-state index contributed by atoms with van der Waals surface area (Å²) in [5.74, 6) is 0. The first-order valence-corrected chi connectivity index (χ1v) is 8.13. The number of anilines is 1. The van der Waals surface area contributed by atoms with Crippen LogP contribution < -0.4 is 5.73 Å². The molecule has 22 heavy (non-hydrogen) atoms. The summed E-state index contributed by atoms with van der Waals surface area (Å²) in [5, 5.41) is 1.68. The Hall–Kier alpha value is -1.21. The zero-order valence-electron chi connectivity index (χ0n) is 14.1. The maximum Gasteiger partial charge on any atom is 0.190 e. The lowest BCUT2D eigenvalue weighted by atomic mass is 10.2. The highest BCUT2D eigenvalue weighted by atomic mass is 32.1. The van der Waals surface area contributed by atoms with Crippen molar-refractivity contribution in [1.29, 1.82) is 0 Å². The van der Waals surface area contributed by atoms with Crippen molar-refractivity contribution in [1.82, 2.24) is 9.88 Å². The van der Waals surface area contributed by atoms with Crippen LogP contribution in [0.5, 0.6) is 0 Å². The summed E-state index contributed by atoms with van der Waals surface area (Å²) < 4.78 is 12.0. The van der Waals surface area contributed by atoms with E-state index in [0.29, 0.717) is 12.2 Å². The van der Waals surface area contributed by atoms with Gasteiger partial charge in [0.1, 0.15) is 0 Å². The predicted molar refractivity (Wildman–Crippen MR) is 93.5 cm³/mol. The van der Waals surface area contributed by atoms with E-state index in [2.05, 4.69) is 4.98 Å². The normalized spacial score (nSPS) is 16.5. The zero-order valence-corrected chi connectivity index (χ0v) is 15.0. The number of rotatable bonds is 2. The Morgan fingerprint density at radius 3 is 2.00 bits per heavy atom. The lowest BCUT2D eigenvalue weighted by Crippen LogP contribution is -2.48. The molecule has 0 radical (unpaired) electrons. The number of nitrogens with two attached hydrogens (primary N) is 1. The summed E-state index contributed by atoms with van der Waals surface area (Å²) in [4.78, 5) is 6.36. The van der Waals surface area contributed by atoms with Gasteiger partial charge in [0, 0.05) is 0 Å². The maximum atomic E-state index is 5.98. The van der Waals surface area contributed by atoms with Crippen molar-refractivity contribution in [2.45, 2.75) is 59.3 Å². The number of pyridine rings is 1. The molecule has 0 atom stereocenters. The van der Waals surface area contributed by atoms with Crippen molar-refractivity contribution in [3.05, 3.63) is 24.0 Å². The smallest absolute Gasteiger partial charge is 0.190 e. The molecule has 5 nitrogen and oxygen atoms in total. The van der Waals surface area contributed by atoms with E-state index in [4.69, 9.17) is 15.2 Å². The Bertz CT molecular complexity index is 578. The minimum Gasteiger partial charge on any atom is -0.397 e. The van der Waals surface area contributed by atoms with Gasteiger partial charge in [0.2, 0.25) is 0 Å². The Balaban J connectivity index is 2.16. The first-order valence-electron chi connectivity index (χ1n) is 7.31. The van der Waals surface area contributed by atoms with Crippen LogP contribution >= 0.6 is 10.9 Å². The first kappa shape index (κ1) is 17.1. The molecule has 0 bridgehead atoms. The molecule has 0 aromatic carbocycles. The largest absolute Gasteiger partial charge is 0.397 e. The molecule has 0 amide bonds. The van der Waals surface area contributed by atoms with E-state index in [9.17, 15) is 0 Å². The molecule has 2 N–H and O–H groups in total. The second kappa shape index (κ2) is 6.12. The van der Waals surface area contributed by atoms with Crippen LogP contribution in [0.3, 0.4) is 0 Å². The molecular weight excluding hydrogens is 298 g/mol. The fourth-order valence-corrected chi connectivity index (χ4v) is 2.83. The van der Waals surface area contributed by atoms with E-state index < -0.39 is 0 Å². The zero-order chi connectivity index (χ0) is 16.5. The van der Waals surface area contributed by atoms with Gasteiger partial charge in [-0.2, -0.15) is 4.90 Å². The van der Waals surface area contributed by atoms with Crippen molar-refractivity contribution < 1.29 is 9.47 Å². The molecule has 1 aliphatic rings. The second-order valence-corrected chi connectivity index (χ2v) is 8.13. The Morgan fingerprint density at radius 2 is 1.59 bits per heavy atom. The van der Waals surface area contributed by atoms with Crippen LogP contribution in [0.2, 0.25) is 0 Å². The van der Waals surface area contributed by atoms with E-state index in [1.807, 2.05) is 58.6 Å². The highest BCUT2D eigenvalue weighted by Gasteiger charge is 2.32. The summed E-state index contributed by atoms with van der Waals surface area (Å²) in [6.07, 6.45) is 1.66. The maximum absolute atomic E-state index is 5.98. The molecular formula is C16H25N3O2S. The van der Waals surface area contributed by atoms with Gasteiger partial charge >= 0.3 is 0 Å². The van der Waals surface area contributed by atoms with Crippen LogP contribution in [0.4, 0.5) is 5.69 Å². The number of nitrogens with zero attached hydrogens (tertiary/aromatic N) is 2. The second-order valence-electron chi connectivity index (χ2n) is 7.23. The predicted octanol–water partition coefficient (Wildman–Crippen LogP) is 3.02. The lowest BCUT2D eigenvalue weighted by molar-refractivity contribution is 0.0754. The molecule has 0 spiro atoms. The molecule has 2 rings (SSSR count). The number of nitrogen functional groups attached to an aromatic ring is 1. The summed E-state index contributed by atoms with van der Waals surface area (Å²) in [6.45, 7) is 12.8.